The zero-order valence-electron chi connectivity index (χ0n) is 12.7. The van der Waals surface area contributed by atoms with Crippen LogP contribution < -0.4 is 5.43 Å². The molecule has 1 saturated heterocycles. The third-order valence-electron chi connectivity index (χ3n) is 5.98. The van der Waals surface area contributed by atoms with E-state index in [1.54, 1.807) is 24.3 Å². The van der Waals surface area contributed by atoms with Gasteiger partial charge in [0.1, 0.15) is 0 Å². The highest BCUT2D eigenvalue weighted by molar-refractivity contribution is 9.10. The Kier molecular flexibility index (Phi) is 2.87. The number of nitrogens with one attached hydrogen (secondary N) is 1. The van der Waals surface area contributed by atoms with Crippen LogP contribution in [0.4, 0.5) is 0 Å². The molecule has 5 nitrogen and oxygen atoms in total. The molecule has 4 aliphatic carbocycles. The Hall–Kier alpha value is -1.95. The lowest BCUT2D eigenvalue weighted by atomic mass is 9.63. The number of amides is 3. The Balaban J connectivity index is 1.40. The van der Waals surface area contributed by atoms with Gasteiger partial charge in [0.25, 0.3) is 17.7 Å². The first-order valence-electron chi connectivity index (χ1n) is 8.19. The van der Waals surface area contributed by atoms with Crippen LogP contribution in [0.2, 0.25) is 0 Å². The molecular formula is C18H15BrN2O3. The number of carbonyl (C=O) groups excluding carboxylic acids is 3. The Bertz CT molecular complexity index is 767. The number of nitrogens with zero attached hydrogens (tertiary/aromatic N) is 1. The first-order chi connectivity index (χ1) is 11.6. The van der Waals surface area contributed by atoms with Crippen LogP contribution in [0.5, 0.6) is 0 Å². The SMILES string of the molecule is O=C(NN1C(=O)C2C3C=CC([C@H]4CC34)[C@@H]2C1=O)c1ccc(Br)cc1. The summed E-state index contributed by atoms with van der Waals surface area (Å²) in [5.74, 6) is -0.0797. The van der Waals surface area contributed by atoms with E-state index in [1.165, 1.54) is 0 Å². The van der Waals surface area contributed by atoms with Crippen LogP contribution in [0.25, 0.3) is 0 Å². The highest BCUT2D eigenvalue weighted by Gasteiger charge is 2.67. The summed E-state index contributed by atoms with van der Waals surface area (Å²) in [5.41, 5.74) is 2.94. The summed E-state index contributed by atoms with van der Waals surface area (Å²) in [6, 6.07) is 6.80. The van der Waals surface area contributed by atoms with Gasteiger partial charge in [-0.25, -0.2) is 0 Å². The predicted octanol–water partition coefficient (Wildman–Crippen LogP) is 2.15. The predicted molar refractivity (Wildman–Crippen MR) is 88.2 cm³/mol. The largest absolute Gasteiger partial charge is 0.272 e. The molecule has 1 aliphatic heterocycles. The first-order valence-corrected chi connectivity index (χ1v) is 8.98. The van der Waals surface area contributed by atoms with Crippen molar-refractivity contribution in [1.82, 2.24) is 10.4 Å². The normalized spacial score (nSPS) is 38.1. The van der Waals surface area contributed by atoms with Gasteiger partial charge in [-0.15, -0.1) is 0 Å². The third-order valence-corrected chi connectivity index (χ3v) is 6.51. The fourth-order valence-corrected chi connectivity index (χ4v) is 5.10. The number of carbonyl (C=O) groups is 3. The summed E-state index contributed by atoms with van der Waals surface area (Å²) >= 11 is 3.32. The van der Waals surface area contributed by atoms with Crippen LogP contribution in [-0.4, -0.2) is 22.7 Å². The number of rotatable bonds is 2. The fraction of sp³-hybridized carbons (Fsp3) is 0.389. The standard InChI is InChI=1S/C18H15BrN2O3/c19-9-3-1-8(2-4-9)16(22)20-21-17(23)14-10-5-6-11(13-7-12(10)13)15(14)18(21)24/h1-6,10-15H,7H2,(H,20,22)/t10?,11?,12-,13?,14+,15?/m1/s1. The van der Waals surface area contributed by atoms with E-state index in [-0.39, 0.29) is 35.5 Å². The van der Waals surface area contributed by atoms with Crippen molar-refractivity contribution in [2.24, 2.45) is 35.5 Å². The van der Waals surface area contributed by atoms with Gasteiger partial charge in [-0.1, -0.05) is 28.1 Å². The van der Waals surface area contributed by atoms with Crippen LogP contribution in [0, 0.1) is 35.5 Å². The number of hydrazine groups is 1. The molecule has 1 N–H and O–H groups in total. The van der Waals surface area contributed by atoms with Crippen molar-refractivity contribution in [2.75, 3.05) is 0 Å². The quantitative estimate of drug-likeness (QED) is 0.625. The van der Waals surface area contributed by atoms with Gasteiger partial charge in [0.2, 0.25) is 0 Å². The first kappa shape index (κ1) is 14.4. The van der Waals surface area contributed by atoms with E-state index in [2.05, 4.69) is 33.5 Å². The summed E-state index contributed by atoms with van der Waals surface area (Å²) in [5, 5.41) is 0.970. The molecule has 1 heterocycles. The smallest absolute Gasteiger partial charge is 0.270 e. The molecule has 0 spiro atoms. The molecule has 2 bridgehead atoms. The molecule has 24 heavy (non-hydrogen) atoms. The molecule has 0 aromatic heterocycles. The van der Waals surface area contributed by atoms with Crippen LogP contribution >= 0.6 is 15.9 Å². The Labute approximate surface area is 147 Å². The molecule has 2 saturated carbocycles. The minimum absolute atomic E-state index is 0.163. The van der Waals surface area contributed by atoms with E-state index >= 15 is 0 Å². The van der Waals surface area contributed by atoms with Crippen molar-refractivity contribution in [3.63, 3.8) is 0 Å². The molecular weight excluding hydrogens is 372 g/mol. The van der Waals surface area contributed by atoms with Crippen LogP contribution in [-0.2, 0) is 9.59 Å². The molecule has 0 radical (unpaired) electrons. The average molecular weight is 387 g/mol. The highest BCUT2D eigenvalue weighted by atomic mass is 79.9. The minimum Gasteiger partial charge on any atom is -0.272 e. The zero-order chi connectivity index (χ0) is 16.6. The maximum atomic E-state index is 12.8. The number of benzene rings is 1. The van der Waals surface area contributed by atoms with Crippen molar-refractivity contribution in [2.45, 2.75) is 6.42 Å². The molecule has 122 valence electrons. The van der Waals surface area contributed by atoms with E-state index in [4.69, 9.17) is 0 Å². The summed E-state index contributed by atoms with van der Waals surface area (Å²) in [6.07, 6.45) is 5.36. The maximum Gasteiger partial charge on any atom is 0.270 e. The molecule has 3 amide bonds. The Morgan fingerprint density at radius 3 is 2.08 bits per heavy atom. The molecule has 5 aliphatic rings. The molecule has 1 aromatic rings. The van der Waals surface area contributed by atoms with Gasteiger partial charge in [-0.05, 0) is 54.4 Å². The lowest BCUT2D eigenvalue weighted by Crippen LogP contribution is -2.46. The summed E-state index contributed by atoms with van der Waals surface area (Å²) in [7, 11) is 0. The Morgan fingerprint density at radius 1 is 1.00 bits per heavy atom. The lowest BCUT2D eigenvalue weighted by Gasteiger charge is -2.37. The number of halogens is 1. The summed E-state index contributed by atoms with van der Waals surface area (Å²) in [6.45, 7) is 0. The number of hydrogen-bond donors (Lipinski definition) is 1. The molecule has 6 heteroatoms. The zero-order valence-corrected chi connectivity index (χ0v) is 14.3. The van der Waals surface area contributed by atoms with E-state index in [9.17, 15) is 14.4 Å². The second kappa shape index (κ2) is 4.79. The monoisotopic (exact) mass is 386 g/mol. The third kappa shape index (κ3) is 1.83. The molecule has 1 aromatic carbocycles. The van der Waals surface area contributed by atoms with E-state index < -0.39 is 5.91 Å². The molecule has 6 rings (SSSR count). The Morgan fingerprint density at radius 2 is 1.54 bits per heavy atom. The van der Waals surface area contributed by atoms with Gasteiger partial charge in [0.15, 0.2) is 0 Å². The second-order valence-corrected chi connectivity index (χ2v) is 8.03. The summed E-state index contributed by atoms with van der Waals surface area (Å²) in [4.78, 5) is 37.9. The molecule has 4 unspecified atom stereocenters. The average Bonchev–Trinajstić information content (AvgIpc) is 3.36. The van der Waals surface area contributed by atoms with Crippen molar-refractivity contribution in [3.8, 4) is 0 Å². The molecule has 6 atom stereocenters. The van der Waals surface area contributed by atoms with Gasteiger partial charge < -0.3 is 0 Å². The van der Waals surface area contributed by atoms with E-state index in [0.717, 1.165) is 15.9 Å². The summed E-state index contributed by atoms with van der Waals surface area (Å²) < 4.78 is 0.861. The van der Waals surface area contributed by atoms with Crippen LogP contribution in [0.15, 0.2) is 40.9 Å². The van der Waals surface area contributed by atoms with Crippen LogP contribution in [0.1, 0.15) is 16.8 Å². The second-order valence-electron chi connectivity index (χ2n) is 7.11. The van der Waals surface area contributed by atoms with E-state index in [1.807, 2.05) is 0 Å². The number of hydrogen-bond acceptors (Lipinski definition) is 3. The van der Waals surface area contributed by atoms with Crippen molar-refractivity contribution in [3.05, 3.63) is 46.5 Å². The van der Waals surface area contributed by atoms with Crippen molar-refractivity contribution in [1.29, 1.82) is 0 Å². The topological polar surface area (TPSA) is 66.5 Å². The fourth-order valence-electron chi connectivity index (χ4n) is 4.83. The van der Waals surface area contributed by atoms with Gasteiger partial charge in [-0.2, -0.15) is 5.01 Å². The van der Waals surface area contributed by atoms with E-state index in [0.29, 0.717) is 17.4 Å². The van der Waals surface area contributed by atoms with Crippen LogP contribution in [0.3, 0.4) is 0 Å². The highest BCUT2D eigenvalue weighted by Crippen LogP contribution is 2.65. The van der Waals surface area contributed by atoms with Gasteiger partial charge in [-0.3, -0.25) is 19.8 Å². The number of imide groups is 1. The van der Waals surface area contributed by atoms with Gasteiger partial charge >= 0.3 is 0 Å². The van der Waals surface area contributed by atoms with Gasteiger partial charge in [0.05, 0.1) is 11.8 Å². The lowest BCUT2D eigenvalue weighted by molar-refractivity contribution is -0.143. The van der Waals surface area contributed by atoms with Crippen molar-refractivity contribution < 1.29 is 14.4 Å². The maximum absolute atomic E-state index is 12.8. The van der Waals surface area contributed by atoms with Crippen molar-refractivity contribution >= 4 is 33.7 Å². The minimum atomic E-state index is -0.437. The molecule has 3 fully saturated rings. The van der Waals surface area contributed by atoms with Gasteiger partial charge in [0, 0.05) is 10.0 Å². The number of allylic oxidation sites excluding steroid dienone is 2.